The van der Waals surface area contributed by atoms with Crippen molar-refractivity contribution in [3.05, 3.63) is 58.9 Å². The van der Waals surface area contributed by atoms with Crippen LogP contribution in [-0.4, -0.2) is 22.7 Å². The van der Waals surface area contributed by atoms with Gasteiger partial charge in [-0.05, 0) is 64.8 Å². The van der Waals surface area contributed by atoms with Gasteiger partial charge >= 0.3 is 0 Å². The Bertz CT molecular complexity index is 833. The summed E-state index contributed by atoms with van der Waals surface area (Å²) < 4.78 is 11.4. The molecule has 1 N–H and O–H groups in total. The van der Waals surface area contributed by atoms with Crippen LogP contribution in [0.15, 0.2) is 57.7 Å². The zero-order valence-electron chi connectivity index (χ0n) is 12.8. The fraction of sp³-hybridized carbons (Fsp3) is 0.118. The molecule has 0 radical (unpaired) electrons. The van der Waals surface area contributed by atoms with Gasteiger partial charge in [0.2, 0.25) is 12.3 Å². The number of aryl methyl sites for hydroxylation is 1. The van der Waals surface area contributed by atoms with Crippen LogP contribution >= 0.6 is 15.9 Å². The minimum absolute atomic E-state index is 0.0831. The van der Waals surface area contributed by atoms with Crippen LogP contribution in [-0.2, 0) is 4.79 Å². The van der Waals surface area contributed by atoms with Crippen LogP contribution in [0.4, 0.5) is 5.69 Å². The summed E-state index contributed by atoms with van der Waals surface area (Å²) in [4.78, 5) is 12.0. The molecule has 0 atom stereocenters. The van der Waals surface area contributed by atoms with E-state index in [1.807, 2.05) is 25.1 Å². The number of carbonyl (C=O) groups is 1. The van der Waals surface area contributed by atoms with Gasteiger partial charge in [-0.25, -0.2) is 0 Å². The van der Waals surface area contributed by atoms with E-state index < -0.39 is 0 Å². The van der Waals surface area contributed by atoms with Gasteiger partial charge in [0.25, 0.3) is 5.91 Å². The number of anilines is 1. The Kier molecular flexibility index (Phi) is 4.90. The predicted octanol–water partition coefficient (Wildman–Crippen LogP) is 3.83. The highest BCUT2D eigenvalue weighted by molar-refractivity contribution is 9.10. The number of ether oxygens (including phenoxy) is 1. The molecule has 1 heterocycles. The maximum absolute atomic E-state index is 12.0. The predicted molar refractivity (Wildman–Crippen MR) is 92.7 cm³/mol. The number of aromatic nitrogens is 2. The zero-order valence-corrected chi connectivity index (χ0v) is 14.4. The summed E-state index contributed by atoms with van der Waals surface area (Å²) >= 11 is 3.42. The number of halogens is 1. The maximum atomic E-state index is 12.0. The first-order valence-corrected chi connectivity index (χ1v) is 7.96. The van der Waals surface area contributed by atoms with Crippen LogP contribution in [0, 0.1) is 6.92 Å². The average Bonchev–Trinajstić information content (AvgIpc) is 3.11. The summed E-state index contributed by atoms with van der Waals surface area (Å²) in [6.45, 7) is 1.90. The smallest absolute Gasteiger partial charge is 0.262 e. The van der Waals surface area contributed by atoms with Gasteiger partial charge in [0.05, 0.1) is 5.69 Å². The number of nitrogens with zero attached hydrogens (tertiary/aromatic N) is 2. The molecule has 24 heavy (non-hydrogen) atoms. The summed E-state index contributed by atoms with van der Waals surface area (Å²) in [6, 6.07) is 12.8. The Balaban J connectivity index is 1.56. The van der Waals surface area contributed by atoms with E-state index in [1.54, 1.807) is 24.3 Å². The highest BCUT2D eigenvalue weighted by Crippen LogP contribution is 2.23. The van der Waals surface area contributed by atoms with Crippen LogP contribution in [0.1, 0.15) is 5.56 Å². The third-order valence-corrected chi connectivity index (χ3v) is 3.89. The first kappa shape index (κ1) is 16.2. The fourth-order valence-corrected chi connectivity index (χ4v) is 2.64. The summed E-state index contributed by atoms with van der Waals surface area (Å²) in [5.74, 6) is 0.778. The van der Waals surface area contributed by atoms with E-state index in [-0.39, 0.29) is 12.5 Å². The molecule has 0 fully saturated rings. The average molecular weight is 388 g/mol. The zero-order chi connectivity index (χ0) is 16.9. The normalized spacial score (nSPS) is 10.4. The molecule has 0 bridgehead atoms. The topological polar surface area (TPSA) is 77.2 Å². The quantitative estimate of drug-likeness (QED) is 0.719. The lowest BCUT2D eigenvalue weighted by atomic mass is 10.2. The summed E-state index contributed by atoms with van der Waals surface area (Å²) in [6.07, 6.45) is 1.27. The fourth-order valence-electron chi connectivity index (χ4n) is 2.05. The number of rotatable bonds is 5. The van der Waals surface area contributed by atoms with Gasteiger partial charge in [-0.1, -0.05) is 6.07 Å². The molecular weight excluding hydrogens is 374 g/mol. The minimum Gasteiger partial charge on any atom is -0.484 e. The van der Waals surface area contributed by atoms with Crippen molar-refractivity contribution in [2.45, 2.75) is 6.92 Å². The van der Waals surface area contributed by atoms with Gasteiger partial charge in [-0.3, -0.25) is 4.79 Å². The SMILES string of the molecule is Cc1ccc(NC(=O)COc2ccc(-c3nnco3)cc2)c(Br)c1. The Labute approximate surface area is 147 Å². The number of hydrogen-bond acceptors (Lipinski definition) is 5. The van der Waals surface area contributed by atoms with Crippen LogP contribution in [0.2, 0.25) is 0 Å². The molecule has 1 aromatic heterocycles. The minimum atomic E-state index is -0.236. The van der Waals surface area contributed by atoms with Crippen molar-refractivity contribution in [3.8, 4) is 17.2 Å². The molecule has 1 amide bonds. The monoisotopic (exact) mass is 387 g/mol. The van der Waals surface area contributed by atoms with E-state index in [0.717, 1.165) is 15.6 Å². The largest absolute Gasteiger partial charge is 0.484 e. The molecule has 3 aromatic rings. The Hall–Kier alpha value is -2.67. The molecular formula is C17H14BrN3O3. The van der Waals surface area contributed by atoms with Crippen molar-refractivity contribution in [2.24, 2.45) is 0 Å². The van der Waals surface area contributed by atoms with E-state index in [0.29, 0.717) is 17.3 Å². The second kappa shape index (κ2) is 7.27. The molecule has 122 valence electrons. The molecule has 0 spiro atoms. The van der Waals surface area contributed by atoms with Crippen molar-refractivity contribution in [3.63, 3.8) is 0 Å². The van der Waals surface area contributed by atoms with Crippen LogP contribution in [0.5, 0.6) is 5.75 Å². The molecule has 0 saturated heterocycles. The van der Waals surface area contributed by atoms with Gasteiger partial charge < -0.3 is 14.5 Å². The number of nitrogens with one attached hydrogen (secondary N) is 1. The van der Waals surface area contributed by atoms with Crippen LogP contribution < -0.4 is 10.1 Å². The molecule has 7 heteroatoms. The number of carbonyl (C=O) groups excluding carboxylic acids is 1. The molecule has 0 aliphatic rings. The molecule has 0 unspecified atom stereocenters. The second-order valence-electron chi connectivity index (χ2n) is 5.09. The van der Waals surface area contributed by atoms with Crippen molar-refractivity contribution in [1.29, 1.82) is 0 Å². The van der Waals surface area contributed by atoms with Crippen molar-refractivity contribution in [1.82, 2.24) is 10.2 Å². The van der Waals surface area contributed by atoms with E-state index in [2.05, 4.69) is 31.4 Å². The van der Waals surface area contributed by atoms with Gasteiger partial charge in [0.15, 0.2) is 6.61 Å². The Morgan fingerprint density at radius 2 is 2.04 bits per heavy atom. The summed E-state index contributed by atoms with van der Waals surface area (Å²) in [5, 5.41) is 10.3. The highest BCUT2D eigenvalue weighted by Gasteiger charge is 2.08. The third kappa shape index (κ3) is 3.99. The van der Waals surface area contributed by atoms with E-state index in [9.17, 15) is 4.79 Å². The summed E-state index contributed by atoms with van der Waals surface area (Å²) in [7, 11) is 0. The molecule has 0 aliphatic carbocycles. The number of amides is 1. The highest BCUT2D eigenvalue weighted by atomic mass is 79.9. The van der Waals surface area contributed by atoms with Crippen LogP contribution in [0.3, 0.4) is 0 Å². The van der Waals surface area contributed by atoms with Gasteiger partial charge in [-0.15, -0.1) is 10.2 Å². The molecule has 6 nitrogen and oxygen atoms in total. The van der Waals surface area contributed by atoms with Crippen LogP contribution in [0.25, 0.3) is 11.5 Å². The van der Waals surface area contributed by atoms with E-state index in [4.69, 9.17) is 9.15 Å². The molecule has 0 saturated carbocycles. The van der Waals surface area contributed by atoms with Crippen molar-refractivity contribution < 1.29 is 13.9 Å². The lowest BCUT2D eigenvalue weighted by molar-refractivity contribution is -0.118. The lowest BCUT2D eigenvalue weighted by Crippen LogP contribution is -2.20. The van der Waals surface area contributed by atoms with Crippen molar-refractivity contribution >= 4 is 27.5 Å². The van der Waals surface area contributed by atoms with Crippen molar-refractivity contribution in [2.75, 3.05) is 11.9 Å². The van der Waals surface area contributed by atoms with Gasteiger partial charge in [0.1, 0.15) is 5.75 Å². The first-order chi connectivity index (χ1) is 11.6. The lowest BCUT2D eigenvalue weighted by Gasteiger charge is -2.09. The van der Waals surface area contributed by atoms with Gasteiger partial charge in [0, 0.05) is 10.0 Å². The molecule has 0 aliphatic heterocycles. The Morgan fingerprint density at radius 3 is 2.71 bits per heavy atom. The van der Waals surface area contributed by atoms with E-state index >= 15 is 0 Å². The maximum Gasteiger partial charge on any atom is 0.262 e. The second-order valence-corrected chi connectivity index (χ2v) is 5.94. The Morgan fingerprint density at radius 1 is 1.25 bits per heavy atom. The summed E-state index contributed by atoms with van der Waals surface area (Å²) in [5.41, 5.74) is 2.60. The molecule has 2 aromatic carbocycles. The number of hydrogen-bond donors (Lipinski definition) is 1. The number of benzene rings is 2. The van der Waals surface area contributed by atoms with Gasteiger partial charge in [-0.2, -0.15) is 0 Å². The standard InChI is InChI=1S/C17H14BrN3O3/c1-11-2-7-15(14(18)8-11)20-16(22)9-23-13-5-3-12(4-6-13)17-21-19-10-24-17/h2-8,10H,9H2,1H3,(H,20,22). The third-order valence-electron chi connectivity index (χ3n) is 3.23. The first-order valence-electron chi connectivity index (χ1n) is 7.17. The van der Waals surface area contributed by atoms with E-state index in [1.165, 1.54) is 6.39 Å². The molecule has 3 rings (SSSR count).